The highest BCUT2D eigenvalue weighted by Crippen LogP contribution is 2.32. The standard InChI is InChI=1S/C20H21F3N2O4S/c1-13(2)19(26)25-11-3-4-14-5-6-15(12-18(14)25)24-30(27,28)17-9-7-16(8-10-17)29-20(21,22)23/h5-10,12-13,24H,3-4,11H2,1-2H3. The summed E-state index contributed by atoms with van der Waals surface area (Å²) < 4.78 is 68.2. The number of alkyl halides is 3. The Morgan fingerprint density at radius 2 is 1.80 bits per heavy atom. The van der Waals surface area contributed by atoms with Gasteiger partial charge in [-0.25, -0.2) is 8.42 Å². The summed E-state index contributed by atoms with van der Waals surface area (Å²) in [5.41, 5.74) is 1.87. The van der Waals surface area contributed by atoms with Crippen LogP contribution in [-0.2, 0) is 21.2 Å². The van der Waals surface area contributed by atoms with Gasteiger partial charge in [-0.15, -0.1) is 13.2 Å². The molecule has 0 atom stereocenters. The second kappa shape index (κ2) is 8.17. The molecule has 0 aromatic heterocycles. The molecule has 1 amide bonds. The number of ether oxygens (including phenoxy) is 1. The Morgan fingerprint density at radius 1 is 1.13 bits per heavy atom. The average molecular weight is 442 g/mol. The summed E-state index contributed by atoms with van der Waals surface area (Å²) in [4.78, 5) is 13.9. The summed E-state index contributed by atoms with van der Waals surface area (Å²) in [6, 6.07) is 8.88. The molecular formula is C20H21F3N2O4S. The minimum Gasteiger partial charge on any atom is -0.406 e. The number of anilines is 2. The number of hydrogen-bond donors (Lipinski definition) is 1. The van der Waals surface area contributed by atoms with E-state index in [-0.39, 0.29) is 22.4 Å². The van der Waals surface area contributed by atoms with E-state index in [2.05, 4.69) is 9.46 Å². The Bertz CT molecular complexity index is 1040. The minimum atomic E-state index is -4.86. The van der Waals surface area contributed by atoms with Gasteiger partial charge in [-0.1, -0.05) is 19.9 Å². The van der Waals surface area contributed by atoms with E-state index in [1.807, 2.05) is 0 Å². The smallest absolute Gasteiger partial charge is 0.406 e. The molecule has 0 aliphatic carbocycles. The quantitative estimate of drug-likeness (QED) is 0.748. The Hall–Kier alpha value is -2.75. The Kier molecular flexibility index (Phi) is 5.98. The number of fused-ring (bicyclic) bond motifs is 1. The fourth-order valence-corrected chi connectivity index (χ4v) is 4.26. The second-order valence-corrected chi connectivity index (χ2v) is 8.90. The van der Waals surface area contributed by atoms with Crippen LogP contribution in [0, 0.1) is 5.92 Å². The zero-order valence-corrected chi connectivity index (χ0v) is 17.2. The van der Waals surface area contributed by atoms with E-state index in [9.17, 15) is 26.4 Å². The van der Waals surface area contributed by atoms with Crippen molar-refractivity contribution in [1.29, 1.82) is 0 Å². The third-order valence-electron chi connectivity index (χ3n) is 4.58. The molecule has 0 unspecified atom stereocenters. The van der Waals surface area contributed by atoms with Gasteiger partial charge in [0, 0.05) is 18.2 Å². The predicted octanol–water partition coefficient (Wildman–Crippen LogP) is 4.32. The van der Waals surface area contributed by atoms with Gasteiger partial charge < -0.3 is 9.64 Å². The number of nitrogens with zero attached hydrogens (tertiary/aromatic N) is 1. The maximum atomic E-state index is 12.6. The molecule has 0 saturated carbocycles. The van der Waals surface area contributed by atoms with Crippen molar-refractivity contribution in [3.63, 3.8) is 0 Å². The van der Waals surface area contributed by atoms with Crippen molar-refractivity contribution in [2.75, 3.05) is 16.2 Å². The maximum Gasteiger partial charge on any atom is 0.573 e. The van der Waals surface area contributed by atoms with Gasteiger partial charge in [-0.2, -0.15) is 0 Å². The van der Waals surface area contributed by atoms with Crippen molar-refractivity contribution in [3.8, 4) is 5.75 Å². The van der Waals surface area contributed by atoms with E-state index >= 15 is 0 Å². The van der Waals surface area contributed by atoms with Gasteiger partial charge in [0.05, 0.1) is 10.6 Å². The molecule has 0 saturated heterocycles. The second-order valence-electron chi connectivity index (χ2n) is 7.22. The third-order valence-corrected chi connectivity index (χ3v) is 5.98. The number of aryl methyl sites for hydroxylation is 1. The van der Waals surface area contributed by atoms with Crippen molar-refractivity contribution in [2.45, 2.75) is 37.9 Å². The van der Waals surface area contributed by atoms with Crippen LogP contribution in [0.25, 0.3) is 0 Å². The molecule has 1 aliphatic rings. The van der Waals surface area contributed by atoms with Crippen LogP contribution in [0.1, 0.15) is 25.8 Å². The van der Waals surface area contributed by atoms with Crippen LogP contribution in [0.5, 0.6) is 5.75 Å². The fourth-order valence-electron chi connectivity index (χ4n) is 3.21. The summed E-state index contributed by atoms with van der Waals surface area (Å²) in [5.74, 6) is -0.761. The Labute approximate surface area is 172 Å². The van der Waals surface area contributed by atoms with E-state index in [1.165, 1.54) is 0 Å². The number of amides is 1. The highest BCUT2D eigenvalue weighted by molar-refractivity contribution is 7.92. The van der Waals surface area contributed by atoms with Crippen LogP contribution in [-0.4, -0.2) is 27.2 Å². The van der Waals surface area contributed by atoms with E-state index in [0.29, 0.717) is 12.2 Å². The van der Waals surface area contributed by atoms with Crippen molar-refractivity contribution >= 4 is 27.3 Å². The van der Waals surface area contributed by atoms with Gasteiger partial charge >= 0.3 is 6.36 Å². The van der Waals surface area contributed by atoms with E-state index in [0.717, 1.165) is 42.7 Å². The lowest BCUT2D eigenvalue weighted by Gasteiger charge is -2.31. The maximum absolute atomic E-state index is 12.6. The van der Waals surface area contributed by atoms with Crippen LogP contribution >= 0.6 is 0 Å². The first-order chi connectivity index (χ1) is 14.0. The lowest BCUT2D eigenvalue weighted by atomic mass is 9.99. The van der Waals surface area contributed by atoms with Gasteiger partial charge in [-0.05, 0) is 54.8 Å². The van der Waals surface area contributed by atoms with Crippen LogP contribution in [0.3, 0.4) is 0 Å². The number of benzene rings is 2. The Morgan fingerprint density at radius 3 is 2.40 bits per heavy atom. The number of rotatable bonds is 5. The molecule has 0 fully saturated rings. The van der Waals surface area contributed by atoms with E-state index in [4.69, 9.17) is 0 Å². The van der Waals surface area contributed by atoms with Crippen molar-refractivity contribution in [3.05, 3.63) is 48.0 Å². The first kappa shape index (κ1) is 21.9. The molecule has 0 spiro atoms. The first-order valence-electron chi connectivity index (χ1n) is 9.29. The summed E-state index contributed by atoms with van der Waals surface area (Å²) in [5, 5.41) is 0. The third kappa shape index (κ3) is 5.05. The summed E-state index contributed by atoms with van der Waals surface area (Å²) in [7, 11) is -4.04. The van der Waals surface area contributed by atoms with Gasteiger partial charge in [0.1, 0.15) is 5.75 Å². The molecule has 0 radical (unpaired) electrons. The van der Waals surface area contributed by atoms with Gasteiger partial charge in [0.25, 0.3) is 10.0 Å². The van der Waals surface area contributed by atoms with Gasteiger partial charge in [0.2, 0.25) is 5.91 Å². The highest BCUT2D eigenvalue weighted by Gasteiger charge is 2.31. The monoisotopic (exact) mass is 442 g/mol. The molecule has 1 N–H and O–H groups in total. The van der Waals surface area contributed by atoms with E-state index in [1.54, 1.807) is 36.9 Å². The highest BCUT2D eigenvalue weighted by atomic mass is 32.2. The molecule has 162 valence electrons. The van der Waals surface area contributed by atoms with Gasteiger partial charge in [0.15, 0.2) is 0 Å². The predicted molar refractivity (Wildman–Crippen MR) is 106 cm³/mol. The normalized spacial score (nSPS) is 14.4. The van der Waals surface area contributed by atoms with Crippen molar-refractivity contribution in [2.24, 2.45) is 5.92 Å². The molecule has 1 aliphatic heterocycles. The van der Waals surface area contributed by atoms with Crippen molar-refractivity contribution in [1.82, 2.24) is 0 Å². The largest absolute Gasteiger partial charge is 0.573 e. The Balaban J connectivity index is 1.84. The molecule has 6 nitrogen and oxygen atoms in total. The molecule has 2 aromatic rings. The summed E-state index contributed by atoms with van der Waals surface area (Å²) in [6.45, 7) is 4.16. The zero-order chi connectivity index (χ0) is 22.1. The molecule has 10 heteroatoms. The fraction of sp³-hybridized carbons (Fsp3) is 0.350. The summed E-state index contributed by atoms with van der Waals surface area (Å²) >= 11 is 0. The lowest BCUT2D eigenvalue weighted by Crippen LogP contribution is -2.38. The number of sulfonamides is 1. The SMILES string of the molecule is CC(C)C(=O)N1CCCc2ccc(NS(=O)(=O)c3ccc(OC(F)(F)F)cc3)cc21. The number of nitrogens with one attached hydrogen (secondary N) is 1. The summed E-state index contributed by atoms with van der Waals surface area (Å²) in [6.07, 6.45) is -3.26. The topological polar surface area (TPSA) is 75.7 Å². The molecule has 2 aromatic carbocycles. The first-order valence-corrected chi connectivity index (χ1v) is 10.8. The van der Waals surface area contributed by atoms with Crippen molar-refractivity contribution < 1.29 is 31.1 Å². The molecule has 0 bridgehead atoms. The van der Waals surface area contributed by atoms with Crippen LogP contribution in [0.15, 0.2) is 47.4 Å². The molecule has 1 heterocycles. The van der Waals surface area contributed by atoms with Crippen LogP contribution < -0.4 is 14.4 Å². The van der Waals surface area contributed by atoms with Crippen LogP contribution in [0.2, 0.25) is 0 Å². The number of halogens is 3. The molecule has 3 rings (SSSR count). The molecular weight excluding hydrogens is 421 g/mol. The average Bonchev–Trinajstić information content (AvgIpc) is 2.65. The lowest BCUT2D eigenvalue weighted by molar-refractivity contribution is -0.274. The zero-order valence-electron chi connectivity index (χ0n) is 16.4. The number of hydrogen-bond acceptors (Lipinski definition) is 4. The number of carbonyl (C=O) groups excluding carboxylic acids is 1. The van der Waals surface area contributed by atoms with Crippen LogP contribution in [0.4, 0.5) is 24.5 Å². The molecule has 30 heavy (non-hydrogen) atoms. The van der Waals surface area contributed by atoms with Gasteiger partial charge in [-0.3, -0.25) is 9.52 Å². The van der Waals surface area contributed by atoms with E-state index < -0.39 is 22.1 Å². The minimum absolute atomic E-state index is 0.0452. The number of carbonyl (C=O) groups is 1.